The van der Waals surface area contributed by atoms with Gasteiger partial charge in [0.25, 0.3) is 0 Å². The summed E-state index contributed by atoms with van der Waals surface area (Å²) in [6.45, 7) is 2.60. The lowest BCUT2D eigenvalue weighted by molar-refractivity contribution is -0.118. The third-order valence-corrected chi connectivity index (χ3v) is 3.16. The fourth-order valence-corrected chi connectivity index (χ4v) is 2.40. The van der Waals surface area contributed by atoms with Crippen LogP contribution in [0.5, 0.6) is 0 Å². The Hall–Kier alpha value is -0.410. The molecule has 1 heterocycles. The van der Waals surface area contributed by atoms with Gasteiger partial charge in [0.15, 0.2) is 0 Å². The van der Waals surface area contributed by atoms with Crippen molar-refractivity contribution < 1.29 is 4.79 Å². The minimum absolute atomic E-state index is 0.136. The molecule has 1 saturated heterocycles. The van der Waals surface area contributed by atoms with E-state index in [4.69, 9.17) is 5.73 Å². The summed E-state index contributed by atoms with van der Waals surface area (Å²) >= 11 is 0. The smallest absolute Gasteiger partial charge is 0.133 e. The fraction of sp³-hybridized carbons (Fsp3) is 0.875. The van der Waals surface area contributed by atoms with Crippen LogP contribution in [0.4, 0.5) is 0 Å². The third kappa shape index (κ3) is 0.914. The van der Waals surface area contributed by atoms with Gasteiger partial charge in [0.2, 0.25) is 0 Å². The highest BCUT2D eigenvalue weighted by molar-refractivity contribution is 5.82. The van der Waals surface area contributed by atoms with E-state index in [0.29, 0.717) is 24.7 Å². The first-order chi connectivity index (χ1) is 5.27. The van der Waals surface area contributed by atoms with Crippen LogP contribution < -0.4 is 11.1 Å². The number of hydrogen-bond donors (Lipinski definition) is 2. The SMILES string of the molecule is NCC12CNCC1CC(=O)C2. The molecule has 1 aliphatic carbocycles. The predicted molar refractivity (Wildman–Crippen MR) is 42.1 cm³/mol. The summed E-state index contributed by atoms with van der Waals surface area (Å²) in [5, 5.41) is 3.30. The van der Waals surface area contributed by atoms with Gasteiger partial charge >= 0.3 is 0 Å². The minimum Gasteiger partial charge on any atom is -0.330 e. The second-order valence-corrected chi connectivity index (χ2v) is 3.81. The zero-order valence-electron chi connectivity index (χ0n) is 6.60. The number of fused-ring (bicyclic) bond motifs is 1. The monoisotopic (exact) mass is 154 g/mol. The van der Waals surface area contributed by atoms with Crippen LogP contribution in [0.3, 0.4) is 0 Å². The van der Waals surface area contributed by atoms with Gasteiger partial charge in [0, 0.05) is 24.8 Å². The summed E-state index contributed by atoms with van der Waals surface area (Å²) in [6.07, 6.45) is 1.46. The molecule has 2 unspecified atom stereocenters. The molecule has 1 saturated carbocycles. The van der Waals surface area contributed by atoms with Gasteiger partial charge in [0.05, 0.1) is 0 Å². The Kier molecular flexibility index (Phi) is 1.51. The summed E-state index contributed by atoms with van der Waals surface area (Å²) in [5.74, 6) is 0.932. The van der Waals surface area contributed by atoms with Gasteiger partial charge < -0.3 is 11.1 Å². The van der Waals surface area contributed by atoms with Crippen molar-refractivity contribution in [1.82, 2.24) is 5.32 Å². The van der Waals surface area contributed by atoms with E-state index < -0.39 is 0 Å². The van der Waals surface area contributed by atoms with Gasteiger partial charge in [-0.15, -0.1) is 0 Å². The van der Waals surface area contributed by atoms with Crippen LogP contribution >= 0.6 is 0 Å². The van der Waals surface area contributed by atoms with Crippen LogP contribution in [0.15, 0.2) is 0 Å². The predicted octanol–water partition coefficient (Wildman–Crippen LogP) is -0.486. The second-order valence-electron chi connectivity index (χ2n) is 3.81. The van der Waals surface area contributed by atoms with E-state index in [0.717, 1.165) is 19.5 Å². The number of nitrogens with one attached hydrogen (secondary N) is 1. The molecule has 11 heavy (non-hydrogen) atoms. The molecule has 0 aromatic carbocycles. The van der Waals surface area contributed by atoms with Gasteiger partial charge in [-0.1, -0.05) is 0 Å². The lowest BCUT2D eigenvalue weighted by atomic mass is 9.81. The maximum Gasteiger partial charge on any atom is 0.133 e. The average molecular weight is 154 g/mol. The molecule has 0 aromatic heterocycles. The van der Waals surface area contributed by atoms with Crippen molar-refractivity contribution in [1.29, 1.82) is 0 Å². The zero-order chi connectivity index (χ0) is 7.90. The van der Waals surface area contributed by atoms with Gasteiger partial charge in [-0.3, -0.25) is 4.79 Å². The molecular weight excluding hydrogens is 140 g/mol. The first kappa shape index (κ1) is 7.25. The van der Waals surface area contributed by atoms with E-state index >= 15 is 0 Å². The molecule has 2 fully saturated rings. The molecule has 1 aliphatic heterocycles. The van der Waals surface area contributed by atoms with E-state index in [1.54, 1.807) is 0 Å². The van der Waals surface area contributed by atoms with E-state index in [9.17, 15) is 4.79 Å². The Labute approximate surface area is 66.3 Å². The van der Waals surface area contributed by atoms with E-state index in [2.05, 4.69) is 5.32 Å². The van der Waals surface area contributed by atoms with Crippen molar-refractivity contribution in [3.8, 4) is 0 Å². The van der Waals surface area contributed by atoms with Crippen LogP contribution in [-0.4, -0.2) is 25.4 Å². The van der Waals surface area contributed by atoms with Gasteiger partial charge in [-0.2, -0.15) is 0 Å². The zero-order valence-corrected chi connectivity index (χ0v) is 6.60. The van der Waals surface area contributed by atoms with Crippen LogP contribution in [0.1, 0.15) is 12.8 Å². The molecule has 2 atom stereocenters. The highest BCUT2D eigenvalue weighted by Crippen LogP contribution is 2.42. The van der Waals surface area contributed by atoms with Crippen LogP contribution in [0, 0.1) is 11.3 Å². The van der Waals surface area contributed by atoms with E-state index in [-0.39, 0.29) is 5.41 Å². The maximum atomic E-state index is 11.1. The van der Waals surface area contributed by atoms with Crippen molar-refractivity contribution in [3.63, 3.8) is 0 Å². The first-order valence-electron chi connectivity index (χ1n) is 4.19. The van der Waals surface area contributed by atoms with Crippen LogP contribution in [0.2, 0.25) is 0 Å². The summed E-state index contributed by atoms with van der Waals surface area (Å²) in [6, 6.07) is 0. The standard InChI is InChI=1S/C8H14N2O/c9-4-8-2-7(11)1-6(8)3-10-5-8/h6,10H,1-5,9H2. The number of ketones is 1. The summed E-state index contributed by atoms with van der Waals surface area (Å²) in [7, 11) is 0. The Morgan fingerprint density at radius 1 is 1.73 bits per heavy atom. The van der Waals surface area contributed by atoms with Crippen LogP contribution in [0.25, 0.3) is 0 Å². The van der Waals surface area contributed by atoms with Crippen LogP contribution in [-0.2, 0) is 4.79 Å². The molecule has 2 aliphatic rings. The molecule has 0 spiro atoms. The number of rotatable bonds is 1. The number of nitrogens with two attached hydrogens (primary N) is 1. The van der Waals surface area contributed by atoms with E-state index in [1.807, 2.05) is 0 Å². The quantitative estimate of drug-likeness (QED) is 0.536. The van der Waals surface area contributed by atoms with Gasteiger partial charge in [-0.05, 0) is 19.0 Å². The highest BCUT2D eigenvalue weighted by atomic mass is 16.1. The van der Waals surface area contributed by atoms with Gasteiger partial charge in [0.1, 0.15) is 5.78 Å². The molecule has 2 rings (SSSR count). The topological polar surface area (TPSA) is 55.1 Å². The van der Waals surface area contributed by atoms with Gasteiger partial charge in [-0.25, -0.2) is 0 Å². The minimum atomic E-state index is 0.136. The summed E-state index contributed by atoms with van der Waals surface area (Å²) < 4.78 is 0. The Balaban J connectivity index is 2.21. The number of carbonyl (C=O) groups is 1. The van der Waals surface area contributed by atoms with E-state index in [1.165, 1.54) is 0 Å². The van der Waals surface area contributed by atoms with Crippen molar-refractivity contribution in [2.45, 2.75) is 12.8 Å². The molecule has 0 aromatic rings. The highest BCUT2D eigenvalue weighted by Gasteiger charge is 2.48. The number of Topliss-reactive ketones (excluding diaryl/α,β-unsaturated/α-hetero) is 1. The fourth-order valence-electron chi connectivity index (χ4n) is 2.40. The largest absolute Gasteiger partial charge is 0.330 e. The Bertz CT molecular complexity index is 193. The lowest BCUT2D eigenvalue weighted by Gasteiger charge is -2.24. The number of carbonyl (C=O) groups excluding carboxylic acids is 1. The van der Waals surface area contributed by atoms with Crippen molar-refractivity contribution in [2.75, 3.05) is 19.6 Å². The Morgan fingerprint density at radius 3 is 3.18 bits per heavy atom. The van der Waals surface area contributed by atoms with Crippen molar-refractivity contribution in [2.24, 2.45) is 17.1 Å². The number of hydrogen-bond acceptors (Lipinski definition) is 3. The summed E-state index contributed by atoms with van der Waals surface area (Å²) in [4.78, 5) is 11.1. The lowest BCUT2D eigenvalue weighted by Crippen LogP contribution is -2.34. The normalized spacial score (nSPS) is 43.0. The first-order valence-corrected chi connectivity index (χ1v) is 4.19. The van der Waals surface area contributed by atoms with Crippen molar-refractivity contribution in [3.05, 3.63) is 0 Å². The molecule has 0 bridgehead atoms. The molecule has 0 amide bonds. The third-order valence-electron chi connectivity index (χ3n) is 3.16. The Morgan fingerprint density at radius 2 is 2.55 bits per heavy atom. The molecule has 62 valence electrons. The van der Waals surface area contributed by atoms with Crippen molar-refractivity contribution >= 4 is 5.78 Å². The maximum absolute atomic E-state index is 11.1. The molecular formula is C8H14N2O. The average Bonchev–Trinajstić information content (AvgIpc) is 2.43. The molecule has 3 nitrogen and oxygen atoms in total. The second kappa shape index (κ2) is 2.29. The summed E-state index contributed by atoms with van der Waals surface area (Å²) in [5.41, 5.74) is 5.82. The molecule has 0 radical (unpaired) electrons. The molecule has 3 N–H and O–H groups in total. The molecule has 3 heteroatoms.